The Morgan fingerprint density at radius 2 is 2.09 bits per heavy atom. The number of hydrogen-bond acceptors (Lipinski definition) is 6. The van der Waals surface area contributed by atoms with Gasteiger partial charge in [-0.25, -0.2) is 14.7 Å². The molecule has 0 atom stereocenters. The highest BCUT2D eigenvalue weighted by molar-refractivity contribution is 9.10. The maximum atomic E-state index is 12.2. The quantitative estimate of drug-likeness (QED) is 0.633. The normalized spacial score (nSPS) is 10.9. The highest BCUT2D eigenvalue weighted by atomic mass is 79.9. The molecule has 0 aliphatic heterocycles. The summed E-state index contributed by atoms with van der Waals surface area (Å²) >= 11 is 3.06. The van der Waals surface area contributed by atoms with E-state index in [0.29, 0.717) is 4.47 Å². The van der Waals surface area contributed by atoms with Gasteiger partial charge in [0.15, 0.2) is 0 Å². The second-order valence-electron chi connectivity index (χ2n) is 5.29. The molecule has 120 valence electrons. The molecule has 1 heterocycles. The van der Waals surface area contributed by atoms with Crippen molar-refractivity contribution in [3.05, 3.63) is 26.9 Å². The molecule has 0 saturated carbocycles. The molecule has 1 rings (SSSR count). The van der Waals surface area contributed by atoms with Crippen LogP contribution < -0.4 is 10.6 Å². The van der Waals surface area contributed by atoms with Crippen molar-refractivity contribution in [2.24, 2.45) is 5.73 Å². The number of hydrogen-bond donors (Lipinski definition) is 1. The summed E-state index contributed by atoms with van der Waals surface area (Å²) in [5.74, 6) is -1.17. The molecule has 2 N–H and O–H groups in total. The third-order valence-electron chi connectivity index (χ3n) is 2.19. The number of anilines is 1. The fourth-order valence-electron chi connectivity index (χ4n) is 1.46. The molecule has 0 spiro atoms. The predicted molar refractivity (Wildman–Crippen MR) is 81.4 cm³/mol. The van der Waals surface area contributed by atoms with Crippen molar-refractivity contribution in [2.45, 2.75) is 26.4 Å². The molecular formula is C12H15BrN4O5. The van der Waals surface area contributed by atoms with Crippen LogP contribution in [0.5, 0.6) is 0 Å². The Hall–Kier alpha value is -2.23. The van der Waals surface area contributed by atoms with Gasteiger partial charge in [-0.05, 0) is 36.7 Å². The lowest BCUT2D eigenvalue weighted by Gasteiger charge is -2.25. The maximum absolute atomic E-state index is 12.2. The standard InChI is InChI=1S/C12H15BrN4O5/c1-12(2,3)22-11(19)16(6-9(14)18)10-8(17(20)21)4-7(13)5-15-10/h4-5H,6H2,1-3H3,(H2,14,18). The van der Waals surface area contributed by atoms with E-state index in [1.807, 2.05) is 0 Å². The van der Waals surface area contributed by atoms with Gasteiger partial charge in [0.05, 0.1) is 4.92 Å². The number of rotatable bonds is 4. The van der Waals surface area contributed by atoms with E-state index in [9.17, 15) is 19.7 Å². The Balaban J connectivity index is 3.31. The summed E-state index contributed by atoms with van der Waals surface area (Å²) in [4.78, 5) is 38.3. The molecule has 0 radical (unpaired) electrons. The van der Waals surface area contributed by atoms with Crippen LogP contribution in [0.3, 0.4) is 0 Å². The number of nitrogens with zero attached hydrogens (tertiary/aromatic N) is 3. The Labute approximate surface area is 134 Å². The molecule has 1 aromatic rings. The first-order chi connectivity index (χ1) is 10.0. The zero-order valence-electron chi connectivity index (χ0n) is 12.2. The van der Waals surface area contributed by atoms with E-state index in [4.69, 9.17) is 10.5 Å². The van der Waals surface area contributed by atoms with Crippen molar-refractivity contribution in [1.29, 1.82) is 0 Å². The molecule has 0 aliphatic rings. The molecule has 1 aromatic heterocycles. The number of ether oxygens (including phenoxy) is 1. The van der Waals surface area contributed by atoms with Gasteiger partial charge in [-0.3, -0.25) is 14.9 Å². The van der Waals surface area contributed by atoms with Crippen molar-refractivity contribution >= 4 is 39.4 Å². The molecule has 0 saturated heterocycles. The average molecular weight is 375 g/mol. The van der Waals surface area contributed by atoms with Crippen molar-refractivity contribution in [3.63, 3.8) is 0 Å². The van der Waals surface area contributed by atoms with Crippen LogP contribution in [0.15, 0.2) is 16.7 Å². The lowest BCUT2D eigenvalue weighted by molar-refractivity contribution is -0.384. The molecule has 0 aromatic carbocycles. The number of carbonyl (C=O) groups is 2. The number of pyridine rings is 1. The second kappa shape index (κ2) is 6.69. The minimum Gasteiger partial charge on any atom is -0.443 e. The summed E-state index contributed by atoms with van der Waals surface area (Å²) in [5, 5.41) is 11.1. The van der Waals surface area contributed by atoms with E-state index >= 15 is 0 Å². The van der Waals surface area contributed by atoms with Gasteiger partial charge in [0.25, 0.3) is 0 Å². The number of primary amides is 1. The molecular weight excluding hydrogens is 360 g/mol. The summed E-state index contributed by atoms with van der Waals surface area (Å²) in [6.45, 7) is 4.27. The molecule has 0 bridgehead atoms. The van der Waals surface area contributed by atoms with E-state index in [1.165, 1.54) is 12.3 Å². The summed E-state index contributed by atoms with van der Waals surface area (Å²) in [7, 11) is 0. The topological polar surface area (TPSA) is 129 Å². The minimum atomic E-state index is -0.954. The van der Waals surface area contributed by atoms with Crippen molar-refractivity contribution in [2.75, 3.05) is 11.4 Å². The molecule has 9 nitrogen and oxygen atoms in total. The van der Waals surface area contributed by atoms with E-state index < -0.39 is 34.8 Å². The lowest BCUT2D eigenvalue weighted by atomic mass is 10.2. The second-order valence-corrected chi connectivity index (χ2v) is 6.20. The highest BCUT2D eigenvalue weighted by Gasteiger charge is 2.31. The summed E-state index contributed by atoms with van der Waals surface area (Å²) in [6, 6.07) is 1.17. The first-order valence-electron chi connectivity index (χ1n) is 6.10. The van der Waals surface area contributed by atoms with Gasteiger partial charge in [-0.15, -0.1) is 0 Å². The lowest BCUT2D eigenvalue weighted by Crippen LogP contribution is -2.42. The fourth-order valence-corrected chi connectivity index (χ4v) is 1.78. The van der Waals surface area contributed by atoms with Crippen LogP contribution in [0.1, 0.15) is 20.8 Å². The zero-order chi connectivity index (χ0) is 17.1. The SMILES string of the molecule is CC(C)(C)OC(=O)N(CC(N)=O)c1ncc(Br)cc1[N+](=O)[O-]. The van der Waals surface area contributed by atoms with Gasteiger partial charge < -0.3 is 10.5 Å². The monoisotopic (exact) mass is 374 g/mol. The van der Waals surface area contributed by atoms with Crippen LogP contribution in [-0.2, 0) is 9.53 Å². The number of carbonyl (C=O) groups excluding carboxylic acids is 2. The Morgan fingerprint density at radius 3 is 2.55 bits per heavy atom. The molecule has 22 heavy (non-hydrogen) atoms. The molecule has 2 amide bonds. The molecule has 10 heteroatoms. The number of nitro groups is 1. The summed E-state index contributed by atoms with van der Waals surface area (Å²) in [5.41, 5.74) is 3.79. The third kappa shape index (κ3) is 4.95. The van der Waals surface area contributed by atoms with E-state index in [-0.39, 0.29) is 5.82 Å². The van der Waals surface area contributed by atoms with E-state index in [1.54, 1.807) is 20.8 Å². The minimum absolute atomic E-state index is 0.318. The smallest absolute Gasteiger partial charge is 0.416 e. The van der Waals surface area contributed by atoms with Gasteiger partial charge >= 0.3 is 11.8 Å². The highest BCUT2D eigenvalue weighted by Crippen LogP contribution is 2.29. The molecule has 0 aliphatic carbocycles. The number of amides is 2. The van der Waals surface area contributed by atoms with Crippen molar-refractivity contribution in [3.8, 4) is 0 Å². The van der Waals surface area contributed by atoms with Crippen molar-refractivity contribution < 1.29 is 19.2 Å². The van der Waals surface area contributed by atoms with Crippen LogP contribution >= 0.6 is 15.9 Å². The van der Waals surface area contributed by atoms with Gasteiger partial charge in [-0.1, -0.05) is 0 Å². The zero-order valence-corrected chi connectivity index (χ0v) is 13.8. The van der Waals surface area contributed by atoms with Gasteiger partial charge in [-0.2, -0.15) is 0 Å². The maximum Gasteiger partial charge on any atom is 0.416 e. The Kier molecular flexibility index (Phi) is 5.42. The molecule has 0 unspecified atom stereocenters. The van der Waals surface area contributed by atoms with Gasteiger partial charge in [0, 0.05) is 16.7 Å². The van der Waals surface area contributed by atoms with E-state index in [0.717, 1.165) is 4.90 Å². The average Bonchev–Trinajstić information content (AvgIpc) is 2.33. The number of halogens is 1. The fraction of sp³-hybridized carbons (Fsp3) is 0.417. The molecule has 0 fully saturated rings. The first-order valence-corrected chi connectivity index (χ1v) is 6.89. The van der Waals surface area contributed by atoms with Crippen LogP contribution in [0.25, 0.3) is 0 Å². The van der Waals surface area contributed by atoms with Crippen LogP contribution in [0.4, 0.5) is 16.3 Å². The van der Waals surface area contributed by atoms with Gasteiger partial charge in [0.1, 0.15) is 12.1 Å². The summed E-state index contributed by atoms with van der Waals surface area (Å²) in [6.07, 6.45) is 0.310. The predicted octanol–water partition coefficient (Wildman–Crippen LogP) is 1.98. The van der Waals surface area contributed by atoms with Crippen molar-refractivity contribution in [1.82, 2.24) is 4.98 Å². The Morgan fingerprint density at radius 1 is 1.50 bits per heavy atom. The van der Waals surface area contributed by atoms with Crippen LogP contribution in [0, 0.1) is 10.1 Å². The first kappa shape index (κ1) is 17.8. The Bertz CT molecular complexity index is 614. The number of nitrogens with two attached hydrogens (primary N) is 1. The van der Waals surface area contributed by atoms with Crippen LogP contribution in [-0.4, -0.2) is 34.1 Å². The largest absolute Gasteiger partial charge is 0.443 e. The third-order valence-corrected chi connectivity index (χ3v) is 2.63. The van der Waals surface area contributed by atoms with Gasteiger partial charge in [0.2, 0.25) is 11.7 Å². The van der Waals surface area contributed by atoms with Crippen LogP contribution in [0.2, 0.25) is 0 Å². The van der Waals surface area contributed by atoms with E-state index in [2.05, 4.69) is 20.9 Å². The number of aromatic nitrogens is 1. The summed E-state index contributed by atoms with van der Waals surface area (Å²) < 4.78 is 5.48.